The molecule has 1 heterocycles. The number of nitrogens with zero attached hydrogens (tertiary/aromatic N) is 1. The third kappa shape index (κ3) is 2.38. The molecule has 3 nitrogen and oxygen atoms in total. The van der Waals surface area contributed by atoms with E-state index in [9.17, 15) is 0 Å². The van der Waals surface area contributed by atoms with Crippen molar-refractivity contribution < 1.29 is 4.74 Å². The fourth-order valence-corrected chi connectivity index (χ4v) is 1.97. The lowest BCUT2D eigenvalue weighted by atomic mass is 10.0. The van der Waals surface area contributed by atoms with Crippen LogP contribution in [0.25, 0.3) is 11.1 Å². The first kappa shape index (κ1) is 11.5. The molecule has 0 aliphatic rings. The highest BCUT2D eigenvalue weighted by Gasteiger charge is 2.08. The van der Waals surface area contributed by atoms with Crippen LogP contribution in [0.4, 0.5) is 5.69 Å². The van der Waals surface area contributed by atoms with E-state index >= 15 is 0 Å². The molecule has 0 radical (unpaired) electrons. The highest BCUT2D eigenvalue weighted by Crippen LogP contribution is 2.30. The molecule has 0 aliphatic heterocycles. The summed E-state index contributed by atoms with van der Waals surface area (Å²) in [5.41, 5.74) is 10.9. The van der Waals surface area contributed by atoms with Crippen molar-refractivity contribution in [3.63, 3.8) is 0 Å². The van der Waals surface area contributed by atoms with Gasteiger partial charge in [0.25, 0.3) is 0 Å². The monoisotopic (exact) mass is 228 g/mol. The second-order valence-corrected chi connectivity index (χ2v) is 4.20. The number of anilines is 1. The molecule has 17 heavy (non-hydrogen) atoms. The first-order valence-electron chi connectivity index (χ1n) is 5.48. The van der Waals surface area contributed by atoms with Crippen LogP contribution in [0.1, 0.15) is 11.1 Å². The lowest BCUT2D eigenvalue weighted by Crippen LogP contribution is -1.95. The standard InChI is InChI=1S/C14H16N2O/c1-9-4-10(2)6-11(5-9)13-7-12(15)8-16-14(13)17-3/h4-8H,15H2,1-3H3. The maximum atomic E-state index is 5.78. The van der Waals surface area contributed by atoms with Gasteiger partial charge in [-0.1, -0.05) is 29.3 Å². The molecule has 0 unspecified atom stereocenters. The van der Waals surface area contributed by atoms with Crippen molar-refractivity contribution >= 4 is 5.69 Å². The first-order chi connectivity index (χ1) is 8.10. The number of pyridine rings is 1. The summed E-state index contributed by atoms with van der Waals surface area (Å²) in [6.07, 6.45) is 1.60. The number of ether oxygens (including phenoxy) is 1. The molecule has 0 amide bonds. The van der Waals surface area contributed by atoms with Gasteiger partial charge in [0.05, 0.1) is 19.0 Å². The number of methoxy groups -OCH3 is 1. The molecule has 2 N–H and O–H groups in total. The molecule has 3 heteroatoms. The molecule has 0 spiro atoms. The summed E-state index contributed by atoms with van der Waals surface area (Å²) in [6.45, 7) is 4.14. The van der Waals surface area contributed by atoms with E-state index in [1.165, 1.54) is 11.1 Å². The van der Waals surface area contributed by atoms with E-state index in [0.29, 0.717) is 11.6 Å². The fraction of sp³-hybridized carbons (Fsp3) is 0.214. The van der Waals surface area contributed by atoms with Gasteiger partial charge in [-0.2, -0.15) is 0 Å². The third-order valence-electron chi connectivity index (χ3n) is 2.60. The molecule has 1 aromatic heterocycles. The van der Waals surface area contributed by atoms with Crippen molar-refractivity contribution in [1.82, 2.24) is 4.98 Å². The van der Waals surface area contributed by atoms with Crippen LogP contribution in [0.5, 0.6) is 5.88 Å². The Kier molecular flexibility index (Phi) is 3.00. The van der Waals surface area contributed by atoms with Crippen LogP contribution < -0.4 is 10.5 Å². The molecule has 0 atom stereocenters. The van der Waals surface area contributed by atoms with Crippen LogP contribution in [0.15, 0.2) is 30.5 Å². The number of nitrogen functional groups attached to an aromatic ring is 1. The zero-order valence-electron chi connectivity index (χ0n) is 10.3. The van der Waals surface area contributed by atoms with Gasteiger partial charge >= 0.3 is 0 Å². The summed E-state index contributed by atoms with van der Waals surface area (Å²) >= 11 is 0. The Bertz CT molecular complexity index is 530. The zero-order valence-corrected chi connectivity index (χ0v) is 10.3. The molecule has 0 aliphatic carbocycles. The van der Waals surface area contributed by atoms with E-state index in [2.05, 4.69) is 37.0 Å². The summed E-state index contributed by atoms with van der Waals surface area (Å²) in [6, 6.07) is 8.23. The smallest absolute Gasteiger partial charge is 0.221 e. The maximum Gasteiger partial charge on any atom is 0.221 e. The van der Waals surface area contributed by atoms with Crippen LogP contribution in [0.3, 0.4) is 0 Å². The average Bonchev–Trinajstić information content (AvgIpc) is 2.27. The van der Waals surface area contributed by atoms with Crippen molar-refractivity contribution in [3.8, 4) is 17.0 Å². The van der Waals surface area contributed by atoms with Gasteiger partial charge in [-0.3, -0.25) is 0 Å². The molecule has 0 saturated carbocycles. The predicted molar refractivity (Wildman–Crippen MR) is 70.1 cm³/mol. The minimum Gasteiger partial charge on any atom is -0.481 e. The van der Waals surface area contributed by atoms with Gasteiger partial charge in [0.2, 0.25) is 5.88 Å². The number of aromatic nitrogens is 1. The van der Waals surface area contributed by atoms with E-state index in [1.54, 1.807) is 13.3 Å². The van der Waals surface area contributed by atoms with E-state index in [0.717, 1.165) is 11.1 Å². The lowest BCUT2D eigenvalue weighted by Gasteiger charge is -2.10. The van der Waals surface area contributed by atoms with Crippen LogP contribution >= 0.6 is 0 Å². The van der Waals surface area contributed by atoms with Crippen LogP contribution in [-0.4, -0.2) is 12.1 Å². The largest absolute Gasteiger partial charge is 0.481 e. The molecule has 2 aromatic rings. The zero-order chi connectivity index (χ0) is 12.4. The average molecular weight is 228 g/mol. The third-order valence-corrected chi connectivity index (χ3v) is 2.60. The minimum absolute atomic E-state index is 0.601. The van der Waals surface area contributed by atoms with Gasteiger partial charge in [0, 0.05) is 5.56 Å². The van der Waals surface area contributed by atoms with Crippen molar-refractivity contribution in [3.05, 3.63) is 41.6 Å². The van der Waals surface area contributed by atoms with Gasteiger partial charge < -0.3 is 10.5 Å². The highest BCUT2D eigenvalue weighted by molar-refractivity contribution is 5.72. The van der Waals surface area contributed by atoms with Crippen LogP contribution in [0, 0.1) is 13.8 Å². The van der Waals surface area contributed by atoms with Crippen molar-refractivity contribution in [2.45, 2.75) is 13.8 Å². The number of nitrogens with two attached hydrogens (primary N) is 1. The van der Waals surface area contributed by atoms with Gasteiger partial charge in [-0.25, -0.2) is 4.98 Å². The molecule has 1 aromatic carbocycles. The molecule has 0 saturated heterocycles. The molecule has 88 valence electrons. The van der Waals surface area contributed by atoms with E-state index in [4.69, 9.17) is 10.5 Å². The van der Waals surface area contributed by atoms with Crippen molar-refractivity contribution in [2.24, 2.45) is 0 Å². The Balaban J connectivity index is 2.62. The molecule has 0 fully saturated rings. The Morgan fingerprint density at radius 1 is 1.06 bits per heavy atom. The predicted octanol–water partition coefficient (Wildman–Crippen LogP) is 2.96. The quantitative estimate of drug-likeness (QED) is 0.859. The number of hydrogen-bond acceptors (Lipinski definition) is 3. The Labute approximate surface area is 101 Å². The maximum absolute atomic E-state index is 5.78. The minimum atomic E-state index is 0.601. The molecular weight excluding hydrogens is 212 g/mol. The molecule has 2 rings (SSSR count). The van der Waals surface area contributed by atoms with Crippen LogP contribution in [-0.2, 0) is 0 Å². The summed E-state index contributed by atoms with van der Waals surface area (Å²) in [5, 5.41) is 0. The topological polar surface area (TPSA) is 48.1 Å². The van der Waals surface area contributed by atoms with Crippen LogP contribution in [0.2, 0.25) is 0 Å². The summed E-state index contributed by atoms with van der Waals surface area (Å²) < 4.78 is 5.27. The van der Waals surface area contributed by atoms with E-state index in [-0.39, 0.29) is 0 Å². The van der Waals surface area contributed by atoms with Gasteiger partial charge in [0.15, 0.2) is 0 Å². The SMILES string of the molecule is COc1ncc(N)cc1-c1cc(C)cc(C)c1. The molecule has 0 bridgehead atoms. The van der Waals surface area contributed by atoms with E-state index in [1.807, 2.05) is 6.07 Å². The Morgan fingerprint density at radius 2 is 1.71 bits per heavy atom. The second kappa shape index (κ2) is 4.45. The summed E-state index contributed by atoms with van der Waals surface area (Å²) in [5.74, 6) is 0.601. The van der Waals surface area contributed by atoms with E-state index < -0.39 is 0 Å². The number of aryl methyl sites for hydroxylation is 2. The first-order valence-corrected chi connectivity index (χ1v) is 5.48. The van der Waals surface area contributed by atoms with Crippen molar-refractivity contribution in [1.29, 1.82) is 0 Å². The fourth-order valence-electron chi connectivity index (χ4n) is 1.97. The lowest BCUT2D eigenvalue weighted by molar-refractivity contribution is 0.400. The summed E-state index contributed by atoms with van der Waals surface area (Å²) in [4.78, 5) is 4.19. The van der Waals surface area contributed by atoms with Gasteiger partial charge in [-0.15, -0.1) is 0 Å². The Hall–Kier alpha value is -2.03. The normalized spacial score (nSPS) is 10.3. The number of rotatable bonds is 2. The Morgan fingerprint density at radius 3 is 2.29 bits per heavy atom. The van der Waals surface area contributed by atoms with Gasteiger partial charge in [0.1, 0.15) is 0 Å². The second-order valence-electron chi connectivity index (χ2n) is 4.20. The van der Waals surface area contributed by atoms with Gasteiger partial charge in [-0.05, 0) is 25.5 Å². The molecular formula is C14H16N2O. The van der Waals surface area contributed by atoms with Crippen molar-refractivity contribution in [2.75, 3.05) is 12.8 Å². The summed E-state index contributed by atoms with van der Waals surface area (Å²) in [7, 11) is 1.62. The highest BCUT2D eigenvalue weighted by atomic mass is 16.5. The number of hydrogen-bond donors (Lipinski definition) is 1. The number of benzene rings is 1.